The summed E-state index contributed by atoms with van der Waals surface area (Å²) in [6.45, 7) is 7.23. The van der Waals surface area contributed by atoms with Crippen molar-refractivity contribution in [3.63, 3.8) is 0 Å². The molecule has 1 N–H and O–H groups in total. The van der Waals surface area contributed by atoms with Gasteiger partial charge in [0.25, 0.3) is 0 Å². The Bertz CT molecular complexity index is 392. The second-order valence-corrected chi connectivity index (χ2v) is 4.99. The first-order chi connectivity index (χ1) is 9.25. The minimum atomic E-state index is 0.318. The van der Waals surface area contributed by atoms with Gasteiger partial charge < -0.3 is 14.8 Å². The van der Waals surface area contributed by atoms with Gasteiger partial charge in [0, 0.05) is 19.8 Å². The van der Waals surface area contributed by atoms with Gasteiger partial charge in [-0.2, -0.15) is 5.10 Å². The molecule has 1 aromatic heterocycles. The van der Waals surface area contributed by atoms with Crippen molar-refractivity contribution in [2.75, 3.05) is 31.7 Å². The number of anilines is 1. The molecule has 0 bridgehead atoms. The number of hydrogen-bond donors (Lipinski definition) is 1. The van der Waals surface area contributed by atoms with Crippen LogP contribution in [0.5, 0.6) is 0 Å². The molecule has 1 saturated heterocycles. The zero-order valence-electron chi connectivity index (χ0n) is 11.8. The number of ether oxygens (including phenoxy) is 2. The first-order valence-corrected chi connectivity index (χ1v) is 7.00. The van der Waals surface area contributed by atoms with Crippen LogP contribution in [0.25, 0.3) is 0 Å². The van der Waals surface area contributed by atoms with Crippen LogP contribution in [0.15, 0.2) is 6.07 Å². The highest BCUT2D eigenvalue weighted by Gasteiger charge is 2.14. The van der Waals surface area contributed by atoms with E-state index in [0.717, 1.165) is 56.3 Å². The molecule has 0 aliphatic carbocycles. The lowest BCUT2D eigenvalue weighted by atomic mass is 10.2. The van der Waals surface area contributed by atoms with Crippen LogP contribution in [0.4, 0.5) is 5.82 Å². The molecule has 19 heavy (non-hydrogen) atoms. The highest BCUT2D eigenvalue weighted by atomic mass is 16.5. The third kappa shape index (κ3) is 4.76. The summed E-state index contributed by atoms with van der Waals surface area (Å²) >= 11 is 0. The summed E-state index contributed by atoms with van der Waals surface area (Å²) in [4.78, 5) is 0. The van der Waals surface area contributed by atoms with Crippen molar-refractivity contribution < 1.29 is 9.47 Å². The molecule has 1 aliphatic heterocycles. The second kappa shape index (κ2) is 7.40. The van der Waals surface area contributed by atoms with Crippen LogP contribution >= 0.6 is 0 Å². The lowest BCUT2D eigenvalue weighted by Gasteiger charge is -2.10. The van der Waals surface area contributed by atoms with Gasteiger partial charge in [-0.3, -0.25) is 0 Å². The Morgan fingerprint density at radius 1 is 1.42 bits per heavy atom. The predicted octanol–water partition coefficient (Wildman–Crippen LogP) is 2.09. The largest absolute Gasteiger partial charge is 0.379 e. The van der Waals surface area contributed by atoms with Crippen molar-refractivity contribution in [1.82, 2.24) is 10.2 Å². The van der Waals surface area contributed by atoms with Gasteiger partial charge in [0.2, 0.25) is 0 Å². The number of hydrogen-bond acceptors (Lipinski definition) is 5. The summed E-state index contributed by atoms with van der Waals surface area (Å²) in [5.74, 6) is 0.835. The van der Waals surface area contributed by atoms with Gasteiger partial charge in [0.05, 0.1) is 18.4 Å². The van der Waals surface area contributed by atoms with E-state index in [1.807, 2.05) is 19.9 Å². The van der Waals surface area contributed by atoms with E-state index in [2.05, 4.69) is 15.5 Å². The quantitative estimate of drug-likeness (QED) is 0.765. The third-order valence-electron chi connectivity index (χ3n) is 3.33. The zero-order valence-corrected chi connectivity index (χ0v) is 11.8. The molecule has 1 fully saturated rings. The maximum Gasteiger partial charge on any atom is 0.148 e. The average molecular weight is 265 g/mol. The Morgan fingerprint density at radius 2 is 2.32 bits per heavy atom. The van der Waals surface area contributed by atoms with Crippen molar-refractivity contribution in [2.45, 2.75) is 39.2 Å². The van der Waals surface area contributed by atoms with Crippen molar-refractivity contribution in [1.29, 1.82) is 0 Å². The number of aromatic nitrogens is 2. The molecule has 1 unspecified atom stereocenters. The number of aryl methyl sites for hydroxylation is 2. The molecule has 0 amide bonds. The van der Waals surface area contributed by atoms with Gasteiger partial charge in [-0.1, -0.05) is 0 Å². The van der Waals surface area contributed by atoms with Crippen LogP contribution < -0.4 is 5.32 Å². The van der Waals surface area contributed by atoms with Crippen molar-refractivity contribution in [2.24, 2.45) is 0 Å². The first-order valence-electron chi connectivity index (χ1n) is 7.00. The van der Waals surface area contributed by atoms with Crippen LogP contribution in [0.3, 0.4) is 0 Å². The number of nitrogens with one attached hydrogen (secondary N) is 1. The highest BCUT2D eigenvalue weighted by Crippen LogP contribution is 2.12. The zero-order chi connectivity index (χ0) is 13.5. The van der Waals surface area contributed by atoms with Gasteiger partial charge >= 0.3 is 0 Å². The molecular weight excluding hydrogens is 242 g/mol. The van der Waals surface area contributed by atoms with E-state index in [1.54, 1.807) is 0 Å². The first kappa shape index (κ1) is 14.2. The van der Waals surface area contributed by atoms with E-state index < -0.39 is 0 Å². The fourth-order valence-electron chi connectivity index (χ4n) is 2.01. The Morgan fingerprint density at radius 3 is 3.05 bits per heavy atom. The molecule has 1 aliphatic rings. The molecule has 0 saturated carbocycles. The van der Waals surface area contributed by atoms with Gasteiger partial charge in [0.1, 0.15) is 5.82 Å². The van der Waals surface area contributed by atoms with Gasteiger partial charge in [0.15, 0.2) is 0 Å². The number of nitrogens with zero attached hydrogens (tertiary/aromatic N) is 2. The average Bonchev–Trinajstić information content (AvgIpc) is 2.91. The van der Waals surface area contributed by atoms with E-state index in [9.17, 15) is 0 Å². The van der Waals surface area contributed by atoms with E-state index in [4.69, 9.17) is 9.47 Å². The maximum atomic E-state index is 5.60. The molecule has 106 valence electrons. The summed E-state index contributed by atoms with van der Waals surface area (Å²) in [7, 11) is 0. The van der Waals surface area contributed by atoms with Crippen molar-refractivity contribution >= 4 is 5.82 Å². The molecular formula is C14H23N3O2. The van der Waals surface area contributed by atoms with Crippen LogP contribution in [0.2, 0.25) is 0 Å². The van der Waals surface area contributed by atoms with Crippen LogP contribution in [0, 0.1) is 13.8 Å². The van der Waals surface area contributed by atoms with Gasteiger partial charge in [-0.15, -0.1) is 5.10 Å². The molecule has 1 aromatic rings. The lowest BCUT2D eigenvalue weighted by Crippen LogP contribution is -2.16. The van der Waals surface area contributed by atoms with E-state index >= 15 is 0 Å². The predicted molar refractivity (Wildman–Crippen MR) is 74.4 cm³/mol. The highest BCUT2D eigenvalue weighted by molar-refractivity contribution is 5.37. The van der Waals surface area contributed by atoms with Crippen molar-refractivity contribution in [3.05, 3.63) is 17.3 Å². The smallest absolute Gasteiger partial charge is 0.148 e. The SMILES string of the molecule is Cc1cc(NCCCOCC2CCCO2)nnc1C. The molecule has 2 rings (SSSR count). The standard InChI is InChI=1S/C14H23N3O2/c1-11-9-14(17-16-12(11)2)15-6-4-7-18-10-13-5-3-8-19-13/h9,13H,3-8,10H2,1-2H3,(H,15,17). The summed E-state index contributed by atoms with van der Waals surface area (Å²) in [6, 6.07) is 2.02. The fourth-order valence-corrected chi connectivity index (χ4v) is 2.01. The van der Waals surface area contributed by atoms with Crippen molar-refractivity contribution in [3.8, 4) is 0 Å². The lowest BCUT2D eigenvalue weighted by molar-refractivity contribution is 0.0172. The maximum absolute atomic E-state index is 5.60. The topological polar surface area (TPSA) is 56.3 Å². The summed E-state index contributed by atoms with van der Waals surface area (Å²) in [5, 5.41) is 11.4. The minimum Gasteiger partial charge on any atom is -0.379 e. The van der Waals surface area contributed by atoms with Crippen LogP contribution in [0.1, 0.15) is 30.5 Å². The fraction of sp³-hybridized carbons (Fsp3) is 0.714. The molecule has 2 heterocycles. The van der Waals surface area contributed by atoms with E-state index in [1.165, 1.54) is 6.42 Å². The Kier molecular flexibility index (Phi) is 5.54. The molecule has 0 aromatic carbocycles. The molecule has 1 atom stereocenters. The normalized spacial score (nSPS) is 18.7. The monoisotopic (exact) mass is 265 g/mol. The van der Waals surface area contributed by atoms with Gasteiger partial charge in [-0.05, 0) is 44.7 Å². The molecule has 0 spiro atoms. The molecule has 5 nitrogen and oxygen atoms in total. The summed E-state index contributed by atoms with van der Waals surface area (Å²) in [6.07, 6.45) is 3.58. The summed E-state index contributed by atoms with van der Waals surface area (Å²) < 4.78 is 11.1. The second-order valence-electron chi connectivity index (χ2n) is 4.99. The Balaban J connectivity index is 1.54. The van der Waals surface area contributed by atoms with Crippen LogP contribution in [-0.4, -0.2) is 42.7 Å². The van der Waals surface area contributed by atoms with Gasteiger partial charge in [-0.25, -0.2) is 0 Å². The number of rotatable bonds is 7. The molecule has 5 heteroatoms. The third-order valence-corrected chi connectivity index (χ3v) is 3.33. The van der Waals surface area contributed by atoms with Crippen LogP contribution in [-0.2, 0) is 9.47 Å². The molecule has 0 radical (unpaired) electrons. The Labute approximate surface area is 114 Å². The minimum absolute atomic E-state index is 0.318. The Hall–Kier alpha value is -1.20. The summed E-state index contributed by atoms with van der Waals surface area (Å²) in [5.41, 5.74) is 2.14. The van der Waals surface area contributed by atoms with E-state index in [0.29, 0.717) is 6.10 Å². The van der Waals surface area contributed by atoms with E-state index in [-0.39, 0.29) is 0 Å².